The third-order valence-electron chi connectivity index (χ3n) is 4.97. The van der Waals surface area contributed by atoms with Crippen LogP contribution in [0.2, 0.25) is 0 Å². The molecular weight excluding hydrogens is 196 g/mol. The maximum Gasteiger partial charge on any atom is 0.231 e. The Kier molecular flexibility index (Phi) is 1.92. The molecule has 2 aliphatic carbocycles. The van der Waals surface area contributed by atoms with Crippen molar-refractivity contribution < 1.29 is 4.79 Å². The Morgan fingerprint density at radius 2 is 1.86 bits per heavy atom. The normalized spacial score (nSPS) is 50.9. The van der Waals surface area contributed by atoms with E-state index >= 15 is 0 Å². The monoisotopic (exact) mass is 212 g/mol. The average molecular weight is 213 g/mol. The van der Waals surface area contributed by atoms with Crippen molar-refractivity contribution in [2.24, 2.45) is 16.2 Å². The van der Waals surface area contributed by atoms with Crippen LogP contribution >= 0.6 is 11.6 Å². The minimum absolute atomic E-state index is 0.0266. The lowest BCUT2D eigenvalue weighted by atomic mass is 9.59. The zero-order chi connectivity index (χ0) is 10.6. The van der Waals surface area contributed by atoms with E-state index in [9.17, 15) is 4.79 Å². The van der Waals surface area contributed by atoms with Gasteiger partial charge in [-0.2, -0.15) is 0 Å². The van der Waals surface area contributed by atoms with Gasteiger partial charge in [-0.25, -0.2) is 0 Å². The highest BCUT2D eigenvalue weighted by Crippen LogP contribution is 2.67. The molecule has 0 aromatic rings. The highest BCUT2D eigenvalue weighted by Gasteiger charge is 2.62. The molecule has 1 saturated carbocycles. The molecular formula is C12H17ClO. The van der Waals surface area contributed by atoms with Crippen LogP contribution in [0.25, 0.3) is 0 Å². The lowest BCUT2D eigenvalue weighted by molar-refractivity contribution is -0.124. The van der Waals surface area contributed by atoms with Crippen molar-refractivity contribution in [2.75, 3.05) is 0 Å². The van der Waals surface area contributed by atoms with E-state index in [1.807, 2.05) is 13.0 Å². The summed E-state index contributed by atoms with van der Waals surface area (Å²) in [5.74, 6) is 0. The first-order chi connectivity index (χ1) is 6.36. The first kappa shape index (κ1) is 10.2. The van der Waals surface area contributed by atoms with Gasteiger partial charge >= 0.3 is 0 Å². The van der Waals surface area contributed by atoms with E-state index in [-0.39, 0.29) is 16.1 Å². The second-order valence-corrected chi connectivity index (χ2v) is 5.76. The van der Waals surface area contributed by atoms with Crippen molar-refractivity contribution in [1.82, 2.24) is 0 Å². The van der Waals surface area contributed by atoms with E-state index < -0.39 is 5.41 Å². The molecule has 2 rings (SSSR count). The molecule has 1 fully saturated rings. The molecule has 0 aromatic carbocycles. The Morgan fingerprint density at radius 1 is 1.21 bits per heavy atom. The van der Waals surface area contributed by atoms with Crippen LogP contribution in [0, 0.1) is 16.2 Å². The van der Waals surface area contributed by atoms with Crippen LogP contribution in [0.3, 0.4) is 0 Å². The summed E-state index contributed by atoms with van der Waals surface area (Å²) in [7, 11) is 0. The molecule has 3 atom stereocenters. The van der Waals surface area contributed by atoms with Gasteiger partial charge in [-0.05, 0) is 42.2 Å². The molecule has 0 amide bonds. The Balaban J connectivity index is 2.52. The third-order valence-corrected chi connectivity index (χ3v) is 5.37. The first-order valence-corrected chi connectivity index (χ1v) is 5.64. The Morgan fingerprint density at radius 3 is 2.43 bits per heavy atom. The summed E-state index contributed by atoms with van der Waals surface area (Å²) in [6.07, 6.45) is 7.73. The second kappa shape index (κ2) is 2.63. The second-order valence-electron chi connectivity index (χ2n) is 5.41. The highest BCUT2D eigenvalue weighted by atomic mass is 35.5. The van der Waals surface area contributed by atoms with Crippen LogP contribution in [0.1, 0.15) is 40.0 Å². The van der Waals surface area contributed by atoms with Crippen molar-refractivity contribution in [1.29, 1.82) is 0 Å². The lowest BCUT2D eigenvalue weighted by Gasteiger charge is -2.43. The minimum Gasteiger partial charge on any atom is -0.280 e. The van der Waals surface area contributed by atoms with Gasteiger partial charge in [0.05, 0.1) is 5.41 Å². The molecule has 0 radical (unpaired) electrons. The summed E-state index contributed by atoms with van der Waals surface area (Å²) in [5, 5.41) is -0.207. The quantitative estimate of drug-likeness (QED) is 0.480. The molecule has 2 aliphatic rings. The zero-order valence-corrected chi connectivity index (χ0v) is 9.82. The van der Waals surface area contributed by atoms with Crippen LogP contribution in [0.5, 0.6) is 0 Å². The van der Waals surface area contributed by atoms with Gasteiger partial charge in [-0.3, -0.25) is 4.79 Å². The van der Waals surface area contributed by atoms with Crippen molar-refractivity contribution in [2.45, 2.75) is 40.0 Å². The minimum atomic E-state index is -0.459. The van der Waals surface area contributed by atoms with Crippen molar-refractivity contribution >= 4 is 16.8 Å². The molecule has 0 saturated heterocycles. The number of halogens is 1. The van der Waals surface area contributed by atoms with Crippen LogP contribution in [-0.2, 0) is 4.79 Å². The molecule has 2 heteroatoms. The van der Waals surface area contributed by atoms with Crippen molar-refractivity contribution in [3.05, 3.63) is 12.2 Å². The van der Waals surface area contributed by atoms with Gasteiger partial charge < -0.3 is 0 Å². The van der Waals surface area contributed by atoms with E-state index in [0.29, 0.717) is 0 Å². The highest BCUT2D eigenvalue weighted by molar-refractivity contribution is 6.65. The van der Waals surface area contributed by atoms with E-state index in [4.69, 9.17) is 11.6 Å². The Labute approximate surface area is 90.5 Å². The number of carbonyl (C=O) groups excluding carboxylic acids is 1. The number of fused-ring (bicyclic) bond motifs is 1. The SMILES string of the molecule is C[C@]12CCC[C@@]1(C)C=C[C@@]2(C)C(=O)Cl. The number of rotatable bonds is 1. The first-order valence-electron chi connectivity index (χ1n) is 5.26. The number of hydrogen-bond acceptors (Lipinski definition) is 1. The van der Waals surface area contributed by atoms with Crippen molar-refractivity contribution in [3.63, 3.8) is 0 Å². The van der Waals surface area contributed by atoms with Crippen LogP contribution < -0.4 is 0 Å². The lowest BCUT2D eigenvalue weighted by Crippen LogP contribution is -2.43. The fourth-order valence-corrected chi connectivity index (χ4v) is 3.58. The van der Waals surface area contributed by atoms with E-state index in [2.05, 4.69) is 19.9 Å². The van der Waals surface area contributed by atoms with Gasteiger partial charge in [-0.15, -0.1) is 0 Å². The van der Waals surface area contributed by atoms with Gasteiger partial charge in [0.1, 0.15) is 0 Å². The fraction of sp³-hybridized carbons (Fsp3) is 0.750. The summed E-state index contributed by atoms with van der Waals surface area (Å²) in [4.78, 5) is 11.6. The van der Waals surface area contributed by atoms with Crippen molar-refractivity contribution in [3.8, 4) is 0 Å². The molecule has 0 bridgehead atoms. The average Bonchev–Trinajstić information content (AvgIpc) is 2.48. The van der Waals surface area contributed by atoms with Gasteiger partial charge in [0.15, 0.2) is 0 Å². The molecule has 0 spiro atoms. The van der Waals surface area contributed by atoms with E-state index in [1.54, 1.807) is 0 Å². The fourth-order valence-electron chi connectivity index (χ4n) is 3.31. The molecule has 0 N–H and O–H groups in total. The summed E-state index contributed by atoms with van der Waals surface area (Å²) >= 11 is 5.75. The van der Waals surface area contributed by atoms with Gasteiger partial charge in [0.25, 0.3) is 0 Å². The molecule has 78 valence electrons. The van der Waals surface area contributed by atoms with Crippen LogP contribution in [-0.4, -0.2) is 5.24 Å². The number of carbonyl (C=O) groups is 1. The van der Waals surface area contributed by atoms with Gasteiger partial charge in [-0.1, -0.05) is 32.4 Å². The van der Waals surface area contributed by atoms with E-state index in [0.717, 1.165) is 6.42 Å². The smallest absolute Gasteiger partial charge is 0.231 e. The van der Waals surface area contributed by atoms with Crippen LogP contribution in [0.4, 0.5) is 0 Å². The number of hydrogen-bond donors (Lipinski definition) is 0. The standard InChI is InChI=1S/C12H17ClO/c1-10-5-4-6-12(10,3)11(2,8-7-10)9(13)14/h7-8H,4-6H2,1-3H3/t10-,11-,12-/m0/s1. The summed E-state index contributed by atoms with van der Waals surface area (Å²) in [5.41, 5.74) is -0.259. The molecule has 0 heterocycles. The number of allylic oxidation sites excluding steroid dienone is 2. The maximum atomic E-state index is 11.6. The third kappa shape index (κ3) is 0.894. The zero-order valence-electron chi connectivity index (χ0n) is 9.06. The predicted molar refractivity (Wildman–Crippen MR) is 58.2 cm³/mol. The summed E-state index contributed by atoms with van der Waals surface area (Å²) in [6, 6.07) is 0. The molecule has 1 nitrogen and oxygen atoms in total. The van der Waals surface area contributed by atoms with Gasteiger partial charge in [0.2, 0.25) is 5.24 Å². The summed E-state index contributed by atoms with van der Waals surface area (Å²) < 4.78 is 0. The molecule has 0 aromatic heterocycles. The Bertz CT molecular complexity index is 322. The predicted octanol–water partition coefficient (Wildman–Crippen LogP) is 3.52. The topological polar surface area (TPSA) is 17.1 Å². The maximum absolute atomic E-state index is 11.6. The molecule has 0 aliphatic heterocycles. The summed E-state index contributed by atoms with van der Waals surface area (Å²) in [6.45, 7) is 6.44. The van der Waals surface area contributed by atoms with Crippen LogP contribution in [0.15, 0.2) is 12.2 Å². The van der Waals surface area contributed by atoms with E-state index in [1.165, 1.54) is 12.8 Å². The largest absolute Gasteiger partial charge is 0.280 e. The van der Waals surface area contributed by atoms with Gasteiger partial charge in [0, 0.05) is 0 Å². The Hall–Kier alpha value is -0.300. The molecule has 14 heavy (non-hydrogen) atoms. The molecule has 0 unspecified atom stereocenters.